The summed E-state index contributed by atoms with van der Waals surface area (Å²) < 4.78 is 11.7. The van der Waals surface area contributed by atoms with Crippen LogP contribution in [0.4, 0.5) is 0 Å². The van der Waals surface area contributed by atoms with E-state index >= 15 is 0 Å². The fraction of sp³-hybridized carbons (Fsp3) is 0.500. The van der Waals surface area contributed by atoms with E-state index < -0.39 is 0 Å². The highest BCUT2D eigenvalue weighted by molar-refractivity contribution is 6.32. The first kappa shape index (κ1) is 24.2. The van der Waals surface area contributed by atoms with Crippen LogP contribution in [-0.2, 0) is 5.41 Å². The van der Waals surface area contributed by atoms with E-state index in [2.05, 4.69) is 33.8 Å². The lowest BCUT2D eigenvalue weighted by Crippen LogP contribution is -2.19. The standard InChI is InChI=1S/C24H31Cl3O2/c1-6-16(2)14-28-22-9-7-18(11-20(22)26)24(4,5)19-8-10-23(21(27)12-19)29-15-17(3)13-25/h7-12,16-17H,6,13-15H2,1-5H3/t16-,17+/m1/s1. The van der Waals surface area contributed by atoms with Crippen LogP contribution in [0.3, 0.4) is 0 Å². The Balaban J connectivity index is 2.19. The molecule has 0 spiro atoms. The fourth-order valence-electron chi connectivity index (χ4n) is 2.81. The summed E-state index contributed by atoms with van der Waals surface area (Å²) in [5, 5.41) is 1.22. The number of ether oxygens (including phenoxy) is 2. The molecule has 0 fully saturated rings. The van der Waals surface area contributed by atoms with Crippen LogP contribution >= 0.6 is 34.8 Å². The minimum absolute atomic E-state index is 0.270. The lowest BCUT2D eigenvalue weighted by molar-refractivity contribution is 0.256. The van der Waals surface area contributed by atoms with Crippen LogP contribution in [-0.4, -0.2) is 19.1 Å². The lowest BCUT2D eigenvalue weighted by atomic mass is 9.78. The number of halogens is 3. The minimum atomic E-state index is -0.273. The summed E-state index contributed by atoms with van der Waals surface area (Å²) in [6, 6.07) is 11.9. The third-order valence-electron chi connectivity index (χ3n) is 5.31. The fourth-order valence-corrected chi connectivity index (χ4v) is 3.37. The van der Waals surface area contributed by atoms with E-state index in [0.717, 1.165) is 23.3 Å². The normalized spacial score (nSPS) is 13.8. The van der Waals surface area contributed by atoms with Crippen molar-refractivity contribution in [2.45, 2.75) is 46.5 Å². The van der Waals surface area contributed by atoms with E-state index in [1.54, 1.807) is 0 Å². The van der Waals surface area contributed by atoms with Gasteiger partial charge in [-0.25, -0.2) is 0 Å². The van der Waals surface area contributed by atoms with Crippen molar-refractivity contribution in [2.24, 2.45) is 11.8 Å². The topological polar surface area (TPSA) is 18.5 Å². The number of alkyl halides is 1. The van der Waals surface area contributed by atoms with E-state index in [1.165, 1.54) is 0 Å². The second-order valence-electron chi connectivity index (χ2n) is 8.31. The molecule has 0 radical (unpaired) electrons. The first-order valence-corrected chi connectivity index (χ1v) is 11.4. The highest BCUT2D eigenvalue weighted by atomic mass is 35.5. The zero-order valence-corrected chi connectivity index (χ0v) is 20.2. The van der Waals surface area contributed by atoms with Crippen LogP contribution < -0.4 is 9.47 Å². The van der Waals surface area contributed by atoms with Gasteiger partial charge in [-0.05, 0) is 41.3 Å². The van der Waals surface area contributed by atoms with Crippen molar-refractivity contribution < 1.29 is 9.47 Å². The van der Waals surface area contributed by atoms with Gasteiger partial charge in [0.05, 0.1) is 23.3 Å². The van der Waals surface area contributed by atoms with Gasteiger partial charge >= 0.3 is 0 Å². The van der Waals surface area contributed by atoms with Crippen molar-refractivity contribution >= 4 is 34.8 Å². The maximum absolute atomic E-state index is 6.51. The molecule has 2 nitrogen and oxygen atoms in total. The molecule has 160 valence electrons. The maximum Gasteiger partial charge on any atom is 0.137 e. The van der Waals surface area contributed by atoms with Crippen LogP contribution in [0.25, 0.3) is 0 Å². The molecule has 2 aromatic carbocycles. The molecule has 5 heteroatoms. The van der Waals surface area contributed by atoms with E-state index in [-0.39, 0.29) is 11.3 Å². The molecule has 0 amide bonds. The molecule has 0 saturated heterocycles. The van der Waals surface area contributed by atoms with E-state index in [1.807, 2.05) is 37.3 Å². The quantitative estimate of drug-likeness (QED) is 0.336. The molecule has 29 heavy (non-hydrogen) atoms. The summed E-state index contributed by atoms with van der Waals surface area (Å²) in [4.78, 5) is 0. The molecule has 0 unspecified atom stereocenters. The smallest absolute Gasteiger partial charge is 0.137 e. The summed E-state index contributed by atoms with van der Waals surface area (Å²) in [5.74, 6) is 2.72. The van der Waals surface area contributed by atoms with E-state index in [9.17, 15) is 0 Å². The van der Waals surface area contributed by atoms with Crippen molar-refractivity contribution in [3.05, 3.63) is 57.6 Å². The average Bonchev–Trinajstić information content (AvgIpc) is 2.71. The second kappa shape index (κ2) is 10.8. The van der Waals surface area contributed by atoms with Crippen molar-refractivity contribution in [3.63, 3.8) is 0 Å². The average molecular weight is 458 g/mol. The Hall–Kier alpha value is -1.09. The highest BCUT2D eigenvalue weighted by Gasteiger charge is 2.25. The zero-order chi connectivity index (χ0) is 21.6. The summed E-state index contributed by atoms with van der Waals surface area (Å²) in [6.07, 6.45) is 1.08. The molecule has 0 aliphatic heterocycles. The number of benzene rings is 2. The second-order valence-corrected chi connectivity index (χ2v) is 9.43. The first-order chi connectivity index (χ1) is 13.7. The largest absolute Gasteiger partial charge is 0.492 e. The molecule has 0 N–H and O–H groups in total. The summed E-state index contributed by atoms with van der Waals surface area (Å²) >= 11 is 18.8. The van der Waals surface area contributed by atoms with Gasteiger partial charge in [-0.1, -0.05) is 76.4 Å². The number of hydrogen-bond acceptors (Lipinski definition) is 2. The molecule has 0 heterocycles. The molecule has 2 aromatic rings. The number of hydrogen-bond donors (Lipinski definition) is 0. The van der Waals surface area contributed by atoms with Gasteiger partial charge in [0.25, 0.3) is 0 Å². The zero-order valence-electron chi connectivity index (χ0n) is 17.9. The molecule has 0 bridgehead atoms. The Morgan fingerprint density at radius 1 is 0.828 bits per heavy atom. The number of rotatable bonds is 10. The van der Waals surface area contributed by atoms with Crippen LogP contribution in [0.15, 0.2) is 36.4 Å². The van der Waals surface area contributed by atoms with Crippen LogP contribution in [0.2, 0.25) is 10.0 Å². The van der Waals surface area contributed by atoms with Crippen LogP contribution in [0.1, 0.15) is 52.2 Å². The first-order valence-electron chi connectivity index (χ1n) is 10.1. The Morgan fingerprint density at radius 2 is 1.28 bits per heavy atom. The minimum Gasteiger partial charge on any atom is -0.492 e. The van der Waals surface area contributed by atoms with E-state index in [4.69, 9.17) is 44.3 Å². The molecule has 0 aliphatic carbocycles. The molecular formula is C24H31Cl3O2. The highest BCUT2D eigenvalue weighted by Crippen LogP contribution is 2.38. The van der Waals surface area contributed by atoms with E-state index in [0.29, 0.717) is 40.8 Å². The van der Waals surface area contributed by atoms with Crippen LogP contribution in [0.5, 0.6) is 11.5 Å². The SMILES string of the molecule is CC[C@@H](C)COc1ccc(C(C)(C)c2ccc(OC[C@@H](C)CCl)c(Cl)c2)cc1Cl. The summed E-state index contributed by atoms with van der Waals surface area (Å²) in [7, 11) is 0. The van der Waals surface area contributed by atoms with Gasteiger partial charge in [0.2, 0.25) is 0 Å². The van der Waals surface area contributed by atoms with Crippen molar-refractivity contribution in [2.75, 3.05) is 19.1 Å². The molecule has 0 aromatic heterocycles. The Labute approximate surface area is 190 Å². The monoisotopic (exact) mass is 456 g/mol. The lowest BCUT2D eigenvalue weighted by Gasteiger charge is -2.27. The van der Waals surface area contributed by atoms with Crippen molar-refractivity contribution in [3.8, 4) is 11.5 Å². The van der Waals surface area contributed by atoms with Gasteiger partial charge in [0.15, 0.2) is 0 Å². The molecule has 0 aliphatic rings. The molecule has 0 saturated carbocycles. The van der Waals surface area contributed by atoms with Gasteiger partial charge in [-0.15, -0.1) is 11.6 Å². The Kier molecular flexibility index (Phi) is 9.00. The van der Waals surface area contributed by atoms with Crippen LogP contribution in [0, 0.1) is 11.8 Å². The summed E-state index contributed by atoms with van der Waals surface area (Å²) in [5.41, 5.74) is 1.91. The predicted molar refractivity (Wildman–Crippen MR) is 125 cm³/mol. The van der Waals surface area contributed by atoms with Crippen molar-refractivity contribution in [1.82, 2.24) is 0 Å². The maximum atomic E-state index is 6.51. The summed E-state index contributed by atoms with van der Waals surface area (Å²) in [6.45, 7) is 11.9. The molecular weight excluding hydrogens is 427 g/mol. The predicted octanol–water partition coefficient (Wildman–Crippen LogP) is 8.00. The van der Waals surface area contributed by atoms with Gasteiger partial charge < -0.3 is 9.47 Å². The molecule has 2 atom stereocenters. The Bertz CT molecular complexity index is 739. The van der Waals surface area contributed by atoms with Gasteiger partial charge in [0.1, 0.15) is 11.5 Å². The molecule has 2 rings (SSSR count). The van der Waals surface area contributed by atoms with Crippen molar-refractivity contribution in [1.29, 1.82) is 0 Å². The van der Waals surface area contributed by atoms with Gasteiger partial charge in [-0.2, -0.15) is 0 Å². The third kappa shape index (κ3) is 6.44. The van der Waals surface area contributed by atoms with Gasteiger partial charge in [0, 0.05) is 17.2 Å². The Morgan fingerprint density at radius 3 is 1.66 bits per heavy atom. The van der Waals surface area contributed by atoms with Gasteiger partial charge in [-0.3, -0.25) is 0 Å². The third-order valence-corrected chi connectivity index (χ3v) is 6.43.